The van der Waals surface area contributed by atoms with Gasteiger partial charge in [-0.1, -0.05) is 12.1 Å². The molecule has 0 spiro atoms. The van der Waals surface area contributed by atoms with Gasteiger partial charge in [0.2, 0.25) is 11.8 Å². The molecule has 0 aromatic heterocycles. The van der Waals surface area contributed by atoms with E-state index < -0.39 is 29.7 Å². The lowest BCUT2D eigenvalue weighted by atomic mass is 10.0. The Morgan fingerprint density at radius 2 is 2.00 bits per heavy atom. The number of imide groups is 2. The molecule has 3 aliphatic rings. The smallest absolute Gasteiger partial charge is 0.262 e. The molecule has 4 rings (SSSR count). The molecule has 1 unspecified atom stereocenters. The summed E-state index contributed by atoms with van der Waals surface area (Å²) in [6, 6.07) is 4.34. The van der Waals surface area contributed by atoms with Crippen LogP contribution in [0.15, 0.2) is 18.2 Å². The van der Waals surface area contributed by atoms with Gasteiger partial charge in [0.05, 0.1) is 17.2 Å². The second kappa shape index (κ2) is 7.66. The molecule has 0 aliphatic carbocycles. The third-order valence-corrected chi connectivity index (χ3v) is 6.02. The number of fused-ring (bicyclic) bond motifs is 1. The largest absolute Gasteiger partial charge is 0.380 e. The highest BCUT2D eigenvalue weighted by Gasteiger charge is 2.45. The number of ether oxygens (including phenoxy) is 1. The van der Waals surface area contributed by atoms with Crippen molar-refractivity contribution in [3.63, 3.8) is 0 Å². The molecule has 9 heteroatoms. The quantitative estimate of drug-likeness (QED) is 0.647. The van der Waals surface area contributed by atoms with E-state index in [9.17, 15) is 19.2 Å². The third-order valence-electron chi connectivity index (χ3n) is 6.02. The van der Waals surface area contributed by atoms with E-state index in [-0.39, 0.29) is 25.0 Å². The molecule has 3 atom stereocenters. The first-order valence-electron chi connectivity index (χ1n) is 9.75. The number of nitrogens with two attached hydrogens (primary N) is 1. The Hall–Kier alpha value is -2.62. The number of benzene rings is 1. The first kappa shape index (κ1) is 19.7. The van der Waals surface area contributed by atoms with Gasteiger partial charge in [-0.05, 0) is 24.5 Å². The zero-order valence-corrected chi connectivity index (χ0v) is 16.2. The predicted molar refractivity (Wildman–Crippen MR) is 102 cm³/mol. The molecule has 2 saturated heterocycles. The Morgan fingerprint density at radius 3 is 2.69 bits per heavy atom. The molecular weight excluding hydrogens is 376 g/mol. The van der Waals surface area contributed by atoms with Crippen LogP contribution in [0, 0.1) is 0 Å². The Bertz CT molecular complexity index is 886. The first-order valence-corrected chi connectivity index (χ1v) is 9.75. The average molecular weight is 400 g/mol. The molecule has 29 heavy (non-hydrogen) atoms. The molecule has 154 valence electrons. The van der Waals surface area contributed by atoms with Gasteiger partial charge in [-0.15, -0.1) is 0 Å². The van der Waals surface area contributed by atoms with Crippen LogP contribution < -0.4 is 11.1 Å². The average Bonchev–Trinajstić information content (AvgIpc) is 3.21. The number of nitrogens with zero attached hydrogens (tertiary/aromatic N) is 2. The molecule has 3 N–H and O–H groups in total. The minimum absolute atomic E-state index is 0.0811. The van der Waals surface area contributed by atoms with Crippen molar-refractivity contribution >= 4 is 23.6 Å². The Kier molecular flexibility index (Phi) is 5.20. The fourth-order valence-electron chi connectivity index (χ4n) is 4.48. The summed E-state index contributed by atoms with van der Waals surface area (Å²) >= 11 is 0. The number of methoxy groups -OCH3 is 1. The first-order chi connectivity index (χ1) is 13.9. The summed E-state index contributed by atoms with van der Waals surface area (Å²) in [4.78, 5) is 52.9. The number of rotatable bonds is 5. The lowest BCUT2D eigenvalue weighted by Crippen LogP contribution is -2.54. The van der Waals surface area contributed by atoms with Crippen molar-refractivity contribution in [1.82, 2.24) is 15.1 Å². The van der Waals surface area contributed by atoms with Gasteiger partial charge in [-0.3, -0.25) is 34.3 Å². The highest BCUT2D eigenvalue weighted by Crippen LogP contribution is 2.31. The number of likely N-dealkylation sites (tertiary alicyclic amines) is 1. The highest BCUT2D eigenvalue weighted by atomic mass is 16.5. The Labute approximate surface area is 168 Å². The van der Waals surface area contributed by atoms with Gasteiger partial charge in [-0.25, -0.2) is 0 Å². The van der Waals surface area contributed by atoms with E-state index in [2.05, 4.69) is 10.2 Å². The number of nitrogens with one attached hydrogen (secondary N) is 1. The number of amides is 4. The molecular formula is C20H24N4O5. The number of carbonyl (C=O) groups excluding carboxylic acids is 4. The van der Waals surface area contributed by atoms with Gasteiger partial charge < -0.3 is 10.5 Å². The maximum absolute atomic E-state index is 13.2. The topological polar surface area (TPSA) is 122 Å². The van der Waals surface area contributed by atoms with Crippen LogP contribution in [0.2, 0.25) is 0 Å². The van der Waals surface area contributed by atoms with Crippen molar-refractivity contribution in [2.75, 3.05) is 20.2 Å². The lowest BCUT2D eigenvalue weighted by Gasteiger charge is -2.28. The normalized spacial score (nSPS) is 27.5. The van der Waals surface area contributed by atoms with E-state index in [1.165, 1.54) is 0 Å². The molecule has 4 amide bonds. The fraction of sp³-hybridized carbons (Fsp3) is 0.500. The van der Waals surface area contributed by atoms with Gasteiger partial charge in [0.15, 0.2) is 0 Å². The molecule has 1 aromatic carbocycles. The number of piperidine rings is 1. The van der Waals surface area contributed by atoms with Crippen molar-refractivity contribution in [3.05, 3.63) is 34.9 Å². The SMILES string of the molecule is CO[C@H]1C[C@@H](CN)N(Cc2cccc3c2C(=O)N(C2CCC(=O)NC2=O)C3=O)C1. The van der Waals surface area contributed by atoms with Gasteiger partial charge in [0.25, 0.3) is 11.8 Å². The van der Waals surface area contributed by atoms with Crippen LogP contribution in [0.1, 0.15) is 45.5 Å². The molecule has 3 aliphatic heterocycles. The number of hydrogen-bond acceptors (Lipinski definition) is 7. The summed E-state index contributed by atoms with van der Waals surface area (Å²) in [7, 11) is 1.67. The second-order valence-corrected chi connectivity index (χ2v) is 7.70. The minimum atomic E-state index is -0.964. The van der Waals surface area contributed by atoms with Gasteiger partial charge in [-0.2, -0.15) is 0 Å². The number of hydrogen-bond donors (Lipinski definition) is 2. The van der Waals surface area contributed by atoms with E-state index in [0.717, 1.165) is 16.9 Å². The van der Waals surface area contributed by atoms with Crippen LogP contribution in [-0.2, 0) is 20.9 Å². The van der Waals surface area contributed by atoms with Gasteiger partial charge >= 0.3 is 0 Å². The minimum Gasteiger partial charge on any atom is -0.380 e. The summed E-state index contributed by atoms with van der Waals surface area (Å²) < 4.78 is 5.46. The molecule has 0 radical (unpaired) electrons. The molecule has 9 nitrogen and oxygen atoms in total. The van der Waals surface area contributed by atoms with E-state index >= 15 is 0 Å². The predicted octanol–water partition coefficient (Wildman–Crippen LogP) is -0.364. The summed E-state index contributed by atoms with van der Waals surface area (Å²) in [5, 5.41) is 2.21. The lowest BCUT2D eigenvalue weighted by molar-refractivity contribution is -0.136. The van der Waals surface area contributed by atoms with E-state index in [0.29, 0.717) is 30.8 Å². The Morgan fingerprint density at radius 1 is 1.21 bits per heavy atom. The molecule has 0 saturated carbocycles. The standard InChI is InChI=1S/C20H24N4O5/c1-29-13-7-12(8-21)23(10-13)9-11-3-2-4-14-17(11)20(28)24(19(14)27)15-5-6-16(25)22-18(15)26/h2-4,12-13,15H,5-10,21H2,1H3,(H,22,25,26)/t12-,13-,15?/m0/s1. The fourth-order valence-corrected chi connectivity index (χ4v) is 4.48. The van der Waals surface area contributed by atoms with Crippen molar-refractivity contribution in [3.8, 4) is 0 Å². The van der Waals surface area contributed by atoms with Crippen molar-refractivity contribution in [2.24, 2.45) is 5.73 Å². The Balaban J connectivity index is 1.61. The molecule has 2 fully saturated rings. The maximum Gasteiger partial charge on any atom is 0.262 e. The van der Waals surface area contributed by atoms with Crippen LogP contribution in [0.4, 0.5) is 0 Å². The monoisotopic (exact) mass is 400 g/mol. The van der Waals surface area contributed by atoms with Crippen LogP contribution in [0.25, 0.3) is 0 Å². The molecule has 0 bridgehead atoms. The van der Waals surface area contributed by atoms with Gasteiger partial charge in [0.1, 0.15) is 6.04 Å². The summed E-state index contributed by atoms with van der Waals surface area (Å²) in [5.41, 5.74) is 7.26. The zero-order valence-electron chi connectivity index (χ0n) is 16.2. The summed E-state index contributed by atoms with van der Waals surface area (Å²) in [5.74, 6) is -1.98. The van der Waals surface area contributed by atoms with Gasteiger partial charge in [0, 0.05) is 39.2 Å². The van der Waals surface area contributed by atoms with E-state index in [1.807, 2.05) is 6.07 Å². The third kappa shape index (κ3) is 3.35. The van der Waals surface area contributed by atoms with Crippen molar-refractivity contribution in [1.29, 1.82) is 0 Å². The summed E-state index contributed by atoms with van der Waals surface area (Å²) in [6.07, 6.45) is 1.14. The maximum atomic E-state index is 13.2. The zero-order chi connectivity index (χ0) is 20.7. The van der Waals surface area contributed by atoms with Crippen LogP contribution in [0.5, 0.6) is 0 Å². The van der Waals surface area contributed by atoms with Crippen LogP contribution in [0.3, 0.4) is 0 Å². The van der Waals surface area contributed by atoms with E-state index in [1.54, 1.807) is 19.2 Å². The van der Waals surface area contributed by atoms with Crippen LogP contribution >= 0.6 is 0 Å². The summed E-state index contributed by atoms with van der Waals surface area (Å²) in [6.45, 7) is 1.64. The molecule has 3 heterocycles. The highest BCUT2D eigenvalue weighted by molar-refractivity contribution is 6.24. The second-order valence-electron chi connectivity index (χ2n) is 7.70. The van der Waals surface area contributed by atoms with E-state index in [4.69, 9.17) is 10.5 Å². The molecule has 1 aromatic rings. The number of carbonyl (C=O) groups is 4. The van der Waals surface area contributed by atoms with Crippen molar-refractivity contribution in [2.45, 2.75) is 44.0 Å². The van der Waals surface area contributed by atoms with Crippen molar-refractivity contribution < 1.29 is 23.9 Å². The van der Waals surface area contributed by atoms with Crippen LogP contribution in [-0.4, -0.2) is 71.8 Å².